The predicted molar refractivity (Wildman–Crippen MR) is 102 cm³/mol. The van der Waals surface area contributed by atoms with E-state index in [-0.39, 0.29) is 24.9 Å². The van der Waals surface area contributed by atoms with E-state index >= 15 is 0 Å². The summed E-state index contributed by atoms with van der Waals surface area (Å²) < 4.78 is 0. The van der Waals surface area contributed by atoms with Crippen molar-refractivity contribution in [2.24, 2.45) is 0 Å². The third-order valence-electron chi connectivity index (χ3n) is 5.14. The van der Waals surface area contributed by atoms with Gasteiger partial charge in [0, 0.05) is 18.8 Å². The lowest BCUT2D eigenvalue weighted by Crippen LogP contribution is -2.40. The van der Waals surface area contributed by atoms with E-state index in [2.05, 4.69) is 47.0 Å². The van der Waals surface area contributed by atoms with Gasteiger partial charge in [-0.05, 0) is 53.6 Å². The molecule has 4 rings (SSSR count). The molecule has 1 aliphatic heterocycles. The van der Waals surface area contributed by atoms with Gasteiger partial charge in [0.25, 0.3) is 0 Å². The molecule has 2 N–H and O–H groups in total. The van der Waals surface area contributed by atoms with Crippen molar-refractivity contribution >= 4 is 17.5 Å². The minimum atomic E-state index is -0.165. The van der Waals surface area contributed by atoms with Gasteiger partial charge in [0.2, 0.25) is 11.8 Å². The first-order valence-electron chi connectivity index (χ1n) is 9.20. The van der Waals surface area contributed by atoms with E-state index in [4.69, 9.17) is 0 Å². The third-order valence-corrected chi connectivity index (χ3v) is 5.14. The lowest BCUT2D eigenvalue weighted by molar-refractivity contribution is -0.131. The van der Waals surface area contributed by atoms with E-state index in [0.29, 0.717) is 0 Å². The average molecular weight is 349 g/mol. The van der Waals surface area contributed by atoms with Crippen LogP contribution in [0.1, 0.15) is 24.0 Å². The zero-order chi connectivity index (χ0) is 17.9. The van der Waals surface area contributed by atoms with Gasteiger partial charge in [-0.2, -0.15) is 0 Å². The number of amides is 2. The van der Waals surface area contributed by atoms with Crippen LogP contribution in [0.3, 0.4) is 0 Å². The van der Waals surface area contributed by atoms with E-state index in [1.165, 1.54) is 22.3 Å². The quantitative estimate of drug-likeness (QED) is 0.744. The summed E-state index contributed by atoms with van der Waals surface area (Å²) in [5.74, 6) is -0.160. The van der Waals surface area contributed by atoms with Crippen LogP contribution in [0.5, 0.6) is 0 Å². The molecule has 1 heterocycles. The maximum atomic E-state index is 12.0. The number of nitrogens with one attached hydrogen (secondary N) is 2. The maximum absolute atomic E-state index is 12.0. The van der Waals surface area contributed by atoms with Crippen LogP contribution in [0.4, 0.5) is 5.69 Å². The summed E-state index contributed by atoms with van der Waals surface area (Å²) in [6.07, 6.45) is 3.05. The van der Waals surface area contributed by atoms with Gasteiger partial charge in [0.1, 0.15) is 0 Å². The van der Waals surface area contributed by atoms with Crippen molar-refractivity contribution in [3.8, 4) is 11.1 Å². The van der Waals surface area contributed by atoms with E-state index in [9.17, 15) is 9.59 Å². The first-order chi connectivity index (χ1) is 12.7. The highest BCUT2D eigenvalue weighted by Gasteiger charge is 2.19. The number of rotatable bonds is 5. The summed E-state index contributed by atoms with van der Waals surface area (Å²) in [5, 5.41) is 5.86. The van der Waals surface area contributed by atoms with Crippen LogP contribution in [-0.4, -0.2) is 42.9 Å². The molecule has 1 fully saturated rings. The Morgan fingerprint density at radius 1 is 0.923 bits per heavy atom. The zero-order valence-corrected chi connectivity index (χ0v) is 14.8. The number of hydrogen-bond donors (Lipinski definition) is 2. The number of carbonyl (C=O) groups is 2. The number of nitrogens with zero attached hydrogens (tertiary/aromatic N) is 1. The molecule has 2 aromatic carbocycles. The SMILES string of the molecule is O=C(CNc1ccc2c(c1)Cc1ccccc1-2)NCC(=O)N1CCCC1. The Balaban J connectivity index is 1.29. The second kappa shape index (κ2) is 7.20. The molecular formula is C21H23N3O2. The minimum absolute atomic E-state index is 0.00569. The number of likely N-dealkylation sites (tertiary alicyclic amines) is 1. The highest BCUT2D eigenvalue weighted by atomic mass is 16.2. The Labute approximate surface area is 153 Å². The highest BCUT2D eigenvalue weighted by Crippen LogP contribution is 2.37. The van der Waals surface area contributed by atoms with Crippen LogP contribution in [-0.2, 0) is 16.0 Å². The molecule has 1 aliphatic carbocycles. The van der Waals surface area contributed by atoms with Gasteiger partial charge in [0.15, 0.2) is 0 Å². The summed E-state index contributed by atoms with van der Waals surface area (Å²) >= 11 is 0. The highest BCUT2D eigenvalue weighted by molar-refractivity contribution is 5.87. The molecule has 0 atom stereocenters. The zero-order valence-electron chi connectivity index (χ0n) is 14.8. The largest absolute Gasteiger partial charge is 0.376 e. The number of carbonyl (C=O) groups excluding carboxylic acids is 2. The molecule has 0 saturated carbocycles. The normalized spacial score (nSPS) is 14.7. The van der Waals surface area contributed by atoms with Crippen molar-refractivity contribution in [2.45, 2.75) is 19.3 Å². The smallest absolute Gasteiger partial charge is 0.241 e. The van der Waals surface area contributed by atoms with Gasteiger partial charge >= 0.3 is 0 Å². The van der Waals surface area contributed by atoms with E-state index in [0.717, 1.165) is 38.0 Å². The molecule has 0 aromatic heterocycles. The lowest BCUT2D eigenvalue weighted by Gasteiger charge is -2.15. The Kier molecular flexibility index (Phi) is 4.61. The molecule has 0 radical (unpaired) electrons. The molecule has 0 spiro atoms. The predicted octanol–water partition coefficient (Wildman–Crippen LogP) is 2.41. The molecule has 134 valence electrons. The van der Waals surface area contributed by atoms with Gasteiger partial charge in [-0.3, -0.25) is 9.59 Å². The van der Waals surface area contributed by atoms with Gasteiger partial charge in [-0.25, -0.2) is 0 Å². The molecule has 2 aromatic rings. The fourth-order valence-corrected chi connectivity index (χ4v) is 3.75. The van der Waals surface area contributed by atoms with E-state index in [1.54, 1.807) is 0 Å². The minimum Gasteiger partial charge on any atom is -0.376 e. The van der Waals surface area contributed by atoms with Crippen molar-refractivity contribution in [1.29, 1.82) is 0 Å². The van der Waals surface area contributed by atoms with Crippen molar-refractivity contribution in [1.82, 2.24) is 10.2 Å². The van der Waals surface area contributed by atoms with Crippen LogP contribution in [0.15, 0.2) is 42.5 Å². The molecule has 26 heavy (non-hydrogen) atoms. The Hall–Kier alpha value is -2.82. The lowest BCUT2D eigenvalue weighted by atomic mass is 10.1. The topological polar surface area (TPSA) is 61.4 Å². The van der Waals surface area contributed by atoms with Crippen molar-refractivity contribution in [2.75, 3.05) is 31.5 Å². The fraction of sp³-hybridized carbons (Fsp3) is 0.333. The summed E-state index contributed by atoms with van der Waals surface area (Å²) in [7, 11) is 0. The summed E-state index contributed by atoms with van der Waals surface area (Å²) in [4.78, 5) is 25.8. The number of fused-ring (bicyclic) bond motifs is 3. The van der Waals surface area contributed by atoms with Crippen LogP contribution >= 0.6 is 0 Å². The number of anilines is 1. The monoisotopic (exact) mass is 349 g/mol. The van der Waals surface area contributed by atoms with Crippen LogP contribution < -0.4 is 10.6 Å². The molecule has 0 unspecified atom stereocenters. The first-order valence-corrected chi connectivity index (χ1v) is 9.20. The molecule has 2 amide bonds. The van der Waals surface area contributed by atoms with Crippen LogP contribution in [0, 0.1) is 0 Å². The van der Waals surface area contributed by atoms with Gasteiger partial charge in [-0.15, -0.1) is 0 Å². The fourth-order valence-electron chi connectivity index (χ4n) is 3.75. The summed E-state index contributed by atoms with van der Waals surface area (Å²) in [6, 6.07) is 14.7. The maximum Gasteiger partial charge on any atom is 0.241 e. The third kappa shape index (κ3) is 3.43. The molecule has 5 heteroatoms. The molecule has 0 bridgehead atoms. The first kappa shape index (κ1) is 16.6. The van der Waals surface area contributed by atoms with Gasteiger partial charge in [-0.1, -0.05) is 30.3 Å². The Morgan fingerprint density at radius 3 is 2.54 bits per heavy atom. The van der Waals surface area contributed by atoms with Crippen LogP contribution in [0.2, 0.25) is 0 Å². The van der Waals surface area contributed by atoms with Crippen LogP contribution in [0.25, 0.3) is 11.1 Å². The summed E-state index contributed by atoms with van der Waals surface area (Å²) in [5.41, 5.74) is 6.12. The number of benzene rings is 2. The van der Waals surface area contributed by atoms with E-state index in [1.807, 2.05) is 11.0 Å². The Morgan fingerprint density at radius 2 is 1.69 bits per heavy atom. The Bertz CT molecular complexity index is 841. The standard InChI is InChI=1S/C21H23N3O2/c25-20(23-14-21(26)24-9-3-4-10-24)13-22-17-7-8-19-16(12-17)11-15-5-1-2-6-18(15)19/h1-2,5-8,12,22H,3-4,9-11,13-14H2,(H,23,25). The van der Waals surface area contributed by atoms with Gasteiger partial charge in [0.05, 0.1) is 13.1 Å². The van der Waals surface area contributed by atoms with Crippen molar-refractivity contribution in [3.05, 3.63) is 53.6 Å². The van der Waals surface area contributed by atoms with Gasteiger partial charge < -0.3 is 15.5 Å². The summed E-state index contributed by atoms with van der Waals surface area (Å²) in [6.45, 7) is 1.87. The second-order valence-electron chi connectivity index (χ2n) is 6.92. The van der Waals surface area contributed by atoms with Crippen molar-refractivity contribution < 1.29 is 9.59 Å². The molecule has 1 saturated heterocycles. The average Bonchev–Trinajstić information content (AvgIpc) is 3.31. The molecule has 2 aliphatic rings. The molecule has 5 nitrogen and oxygen atoms in total. The number of hydrogen-bond acceptors (Lipinski definition) is 3. The van der Waals surface area contributed by atoms with E-state index < -0.39 is 0 Å². The second-order valence-corrected chi connectivity index (χ2v) is 6.92. The van der Waals surface area contributed by atoms with Crippen molar-refractivity contribution in [3.63, 3.8) is 0 Å². The molecular weight excluding hydrogens is 326 g/mol.